The van der Waals surface area contributed by atoms with E-state index in [1.54, 1.807) is 56.7 Å². The van der Waals surface area contributed by atoms with Gasteiger partial charge < -0.3 is 9.47 Å². The van der Waals surface area contributed by atoms with Crippen molar-refractivity contribution in [2.75, 3.05) is 14.1 Å². The van der Waals surface area contributed by atoms with Gasteiger partial charge in [0, 0.05) is 90.4 Å². The van der Waals surface area contributed by atoms with E-state index < -0.39 is 0 Å². The zero-order valence-corrected chi connectivity index (χ0v) is 20.5. The maximum atomic E-state index is 13.9. The molecule has 0 saturated heterocycles. The van der Waals surface area contributed by atoms with Crippen molar-refractivity contribution in [3.8, 4) is 11.4 Å². The van der Waals surface area contributed by atoms with Crippen molar-refractivity contribution in [1.29, 1.82) is 0 Å². The highest BCUT2D eigenvalue weighted by Gasteiger charge is 2.30. The maximum absolute atomic E-state index is 13.9. The fraction of sp³-hybridized carbons (Fsp3) is 0.148. The molecule has 0 fully saturated rings. The van der Waals surface area contributed by atoms with Crippen LogP contribution in [0.5, 0.6) is 0 Å². The second-order valence-electron chi connectivity index (χ2n) is 8.76. The van der Waals surface area contributed by atoms with E-state index in [0.717, 1.165) is 22.6 Å². The van der Waals surface area contributed by atoms with Crippen molar-refractivity contribution < 1.29 is 9.59 Å². The zero-order chi connectivity index (χ0) is 24.8. The number of benzene rings is 1. The highest BCUT2D eigenvalue weighted by Crippen LogP contribution is 2.42. The van der Waals surface area contributed by atoms with Gasteiger partial charge in [-0.15, -0.1) is 11.8 Å². The van der Waals surface area contributed by atoms with E-state index in [4.69, 9.17) is 0 Å². The Morgan fingerprint density at radius 3 is 2.61 bits per heavy atom. The number of rotatable bonds is 4. The highest BCUT2D eigenvalue weighted by molar-refractivity contribution is 7.99. The molecule has 5 heterocycles. The van der Waals surface area contributed by atoms with Gasteiger partial charge in [-0.25, -0.2) is 14.8 Å². The molecule has 0 aliphatic carbocycles. The number of thioether (sulfide) groups is 1. The molecule has 0 radical (unpaired) electrons. The molecular formula is C27H22N6O2S. The first-order valence-electron chi connectivity index (χ1n) is 11.4. The third-order valence-corrected chi connectivity index (χ3v) is 7.59. The molecule has 0 N–H and O–H groups in total. The molecule has 1 aliphatic rings. The number of fused-ring (bicyclic) bond motifs is 2. The van der Waals surface area contributed by atoms with Crippen LogP contribution in [0.4, 0.5) is 4.79 Å². The first-order valence-corrected chi connectivity index (χ1v) is 12.5. The summed E-state index contributed by atoms with van der Waals surface area (Å²) in [5, 5.41) is 0.796. The largest absolute Gasteiger partial charge is 0.333 e. The quantitative estimate of drug-likeness (QED) is 0.332. The number of aromatic nitrogens is 5. The Bertz CT molecular complexity index is 1610. The van der Waals surface area contributed by atoms with E-state index in [9.17, 15) is 9.59 Å². The molecule has 9 heteroatoms. The summed E-state index contributed by atoms with van der Waals surface area (Å²) in [5.41, 5.74) is 4.63. The summed E-state index contributed by atoms with van der Waals surface area (Å²) in [6.45, 7) is 0. The molecule has 0 bridgehead atoms. The van der Waals surface area contributed by atoms with Gasteiger partial charge in [-0.3, -0.25) is 14.3 Å². The Balaban J connectivity index is 1.45. The molecule has 1 unspecified atom stereocenters. The van der Waals surface area contributed by atoms with Crippen LogP contribution in [0.15, 0.2) is 79.6 Å². The normalized spacial score (nSPS) is 14.7. The molecule has 1 atom stereocenters. The van der Waals surface area contributed by atoms with E-state index in [-0.39, 0.29) is 17.2 Å². The van der Waals surface area contributed by atoms with Crippen LogP contribution < -0.4 is 0 Å². The topological polar surface area (TPSA) is 85.9 Å². The van der Waals surface area contributed by atoms with E-state index in [2.05, 4.69) is 25.6 Å². The number of hydrogen-bond donors (Lipinski definition) is 0. The van der Waals surface area contributed by atoms with E-state index in [1.165, 1.54) is 9.47 Å². The van der Waals surface area contributed by atoms with Crippen molar-refractivity contribution in [1.82, 2.24) is 29.0 Å². The van der Waals surface area contributed by atoms with Gasteiger partial charge in [0.05, 0.1) is 5.52 Å². The summed E-state index contributed by atoms with van der Waals surface area (Å²) in [5.74, 6) is 1.18. The number of amides is 1. The van der Waals surface area contributed by atoms with Crippen LogP contribution in [0, 0.1) is 0 Å². The molecule has 1 aromatic carbocycles. The Morgan fingerprint density at radius 2 is 1.86 bits per heavy atom. The third-order valence-electron chi connectivity index (χ3n) is 6.33. The number of carbonyl (C=O) groups is 2. The second-order valence-corrected chi connectivity index (χ2v) is 9.82. The molecule has 5 aromatic rings. The van der Waals surface area contributed by atoms with Gasteiger partial charge in [0.1, 0.15) is 5.37 Å². The van der Waals surface area contributed by atoms with Crippen LogP contribution in [0.2, 0.25) is 0 Å². The lowest BCUT2D eigenvalue weighted by Gasteiger charge is -2.12. The molecule has 0 spiro atoms. The van der Waals surface area contributed by atoms with Crippen LogP contribution in [-0.2, 0) is 5.75 Å². The summed E-state index contributed by atoms with van der Waals surface area (Å²) in [7, 11) is 3.38. The number of ketones is 1. The SMILES string of the molecule is CN(C)C(=O)n1cc(C(=O)c2ccn3c2CSC3c2cccnc2)c2ccc(-c3ncccn3)cc21. The van der Waals surface area contributed by atoms with Crippen molar-refractivity contribution in [2.45, 2.75) is 11.1 Å². The Kier molecular flexibility index (Phi) is 5.41. The van der Waals surface area contributed by atoms with Crippen LogP contribution in [0.3, 0.4) is 0 Å². The van der Waals surface area contributed by atoms with E-state index in [0.29, 0.717) is 27.9 Å². The van der Waals surface area contributed by atoms with Crippen molar-refractivity contribution in [3.05, 3.63) is 102 Å². The van der Waals surface area contributed by atoms with Gasteiger partial charge in [-0.05, 0) is 24.3 Å². The summed E-state index contributed by atoms with van der Waals surface area (Å²) in [6.07, 6.45) is 10.6. The van der Waals surface area contributed by atoms with Crippen LogP contribution in [0.25, 0.3) is 22.3 Å². The predicted molar refractivity (Wildman–Crippen MR) is 139 cm³/mol. The standard InChI is InChI=1S/C27H22N6O2S/c1-31(2)27(35)33-15-21(19-7-6-17(13-22(19)33)25-29-10-4-11-30-25)24(34)20-8-12-32-23(20)16-36-26(32)18-5-3-9-28-14-18/h3-15,26H,16H2,1-2H3. The molecule has 6 rings (SSSR count). The van der Waals surface area contributed by atoms with Crippen molar-refractivity contribution in [2.24, 2.45) is 0 Å². The molecule has 0 saturated carbocycles. The van der Waals surface area contributed by atoms with E-state index in [1.807, 2.05) is 42.7 Å². The molecule has 36 heavy (non-hydrogen) atoms. The van der Waals surface area contributed by atoms with Gasteiger partial charge in [-0.2, -0.15) is 0 Å². The smallest absolute Gasteiger partial charge is 0.328 e. The lowest BCUT2D eigenvalue weighted by atomic mass is 10.0. The van der Waals surface area contributed by atoms with Gasteiger partial charge >= 0.3 is 6.03 Å². The first-order chi connectivity index (χ1) is 17.5. The van der Waals surface area contributed by atoms with Crippen LogP contribution in [-0.4, -0.2) is 54.9 Å². The third kappa shape index (κ3) is 3.59. The van der Waals surface area contributed by atoms with Crippen molar-refractivity contribution in [3.63, 3.8) is 0 Å². The minimum Gasteiger partial charge on any atom is -0.333 e. The molecule has 8 nitrogen and oxygen atoms in total. The van der Waals surface area contributed by atoms with Gasteiger partial charge in [-0.1, -0.05) is 18.2 Å². The van der Waals surface area contributed by atoms with Crippen molar-refractivity contribution >= 4 is 34.5 Å². The van der Waals surface area contributed by atoms with Gasteiger partial charge in [0.25, 0.3) is 0 Å². The summed E-state index contributed by atoms with van der Waals surface area (Å²) in [4.78, 5) is 41.3. The molecule has 4 aromatic heterocycles. The molecule has 1 aliphatic heterocycles. The zero-order valence-electron chi connectivity index (χ0n) is 19.7. The fourth-order valence-corrected chi connectivity index (χ4v) is 5.90. The fourth-order valence-electron chi connectivity index (χ4n) is 4.59. The minimum absolute atomic E-state index is 0.0836. The van der Waals surface area contributed by atoms with Crippen LogP contribution in [0.1, 0.15) is 32.6 Å². The van der Waals surface area contributed by atoms with Gasteiger partial charge in [0.2, 0.25) is 0 Å². The minimum atomic E-state index is -0.237. The molecule has 178 valence electrons. The monoisotopic (exact) mass is 494 g/mol. The number of nitrogens with zero attached hydrogens (tertiary/aromatic N) is 6. The van der Waals surface area contributed by atoms with Gasteiger partial charge in [0.15, 0.2) is 11.6 Å². The van der Waals surface area contributed by atoms with E-state index >= 15 is 0 Å². The lowest BCUT2D eigenvalue weighted by molar-refractivity contribution is 0.103. The summed E-state index contributed by atoms with van der Waals surface area (Å²) >= 11 is 1.77. The Labute approximate surface area is 211 Å². The first kappa shape index (κ1) is 22.2. The Morgan fingerprint density at radius 1 is 1.03 bits per heavy atom. The second kappa shape index (κ2) is 8.76. The average molecular weight is 495 g/mol. The summed E-state index contributed by atoms with van der Waals surface area (Å²) in [6, 6.07) is 13.0. The number of carbonyl (C=O) groups excluding carboxylic acids is 2. The molecule has 1 amide bonds. The number of hydrogen-bond acceptors (Lipinski definition) is 6. The summed E-state index contributed by atoms with van der Waals surface area (Å²) < 4.78 is 3.67. The highest BCUT2D eigenvalue weighted by atomic mass is 32.2. The van der Waals surface area contributed by atoms with Crippen LogP contribution >= 0.6 is 11.8 Å². The number of pyridine rings is 1. The predicted octanol–water partition coefficient (Wildman–Crippen LogP) is 4.85. The maximum Gasteiger partial charge on any atom is 0.328 e. The molecular weight excluding hydrogens is 472 g/mol. The average Bonchev–Trinajstić information content (AvgIpc) is 3.62. The lowest BCUT2D eigenvalue weighted by Crippen LogP contribution is -2.26. The Hall–Kier alpha value is -4.24.